The van der Waals surface area contributed by atoms with E-state index in [9.17, 15) is 14.4 Å². The number of nitrogens with one attached hydrogen (secondary N) is 2. The molecule has 8 heteroatoms. The van der Waals surface area contributed by atoms with Crippen LogP contribution in [0.2, 0.25) is 0 Å². The minimum absolute atomic E-state index is 0.0622. The van der Waals surface area contributed by atoms with E-state index in [0.29, 0.717) is 11.7 Å². The lowest BCUT2D eigenvalue weighted by molar-refractivity contribution is -0.126. The second-order valence-corrected chi connectivity index (χ2v) is 6.56. The van der Waals surface area contributed by atoms with Crippen molar-refractivity contribution in [2.24, 2.45) is 5.92 Å². The fourth-order valence-electron chi connectivity index (χ4n) is 2.65. The lowest BCUT2D eigenvalue weighted by atomic mass is 10.1. The summed E-state index contributed by atoms with van der Waals surface area (Å²) in [5.41, 5.74) is 0.797. The standard InChI is InChI=1S/C17H18N4O3S/c22-14(20-17-19-8-9-25-17)6-7-18-16(24)12-10-15(23)21(11-12)13-4-2-1-3-5-13/h1-5,8-9,12H,6-7,10-11H2,(H,18,24)(H,19,20,22). The number of hydrogen-bond acceptors (Lipinski definition) is 5. The Morgan fingerprint density at radius 2 is 2.08 bits per heavy atom. The first-order valence-electron chi connectivity index (χ1n) is 7.96. The average Bonchev–Trinajstić information content (AvgIpc) is 3.25. The third kappa shape index (κ3) is 4.42. The van der Waals surface area contributed by atoms with Gasteiger partial charge in [0.25, 0.3) is 0 Å². The molecule has 7 nitrogen and oxygen atoms in total. The van der Waals surface area contributed by atoms with E-state index in [-0.39, 0.29) is 37.1 Å². The predicted octanol–water partition coefficient (Wildman–Crippen LogP) is 1.64. The molecule has 2 N–H and O–H groups in total. The Labute approximate surface area is 149 Å². The number of aromatic nitrogens is 1. The summed E-state index contributed by atoms with van der Waals surface area (Å²) in [6.45, 7) is 0.589. The maximum Gasteiger partial charge on any atom is 0.227 e. The van der Waals surface area contributed by atoms with Gasteiger partial charge in [-0.3, -0.25) is 14.4 Å². The molecule has 3 amide bonds. The van der Waals surface area contributed by atoms with Crippen molar-refractivity contribution in [3.8, 4) is 0 Å². The zero-order chi connectivity index (χ0) is 17.6. The molecule has 1 unspecified atom stereocenters. The first-order chi connectivity index (χ1) is 12.1. The summed E-state index contributed by atoms with van der Waals surface area (Å²) in [7, 11) is 0. The largest absolute Gasteiger partial charge is 0.355 e. The summed E-state index contributed by atoms with van der Waals surface area (Å²) < 4.78 is 0. The van der Waals surface area contributed by atoms with Crippen molar-refractivity contribution in [1.82, 2.24) is 10.3 Å². The Bertz CT molecular complexity index is 749. The minimum Gasteiger partial charge on any atom is -0.355 e. The number of thiazole rings is 1. The molecular formula is C17H18N4O3S. The van der Waals surface area contributed by atoms with Gasteiger partial charge in [-0.25, -0.2) is 4.98 Å². The fourth-order valence-corrected chi connectivity index (χ4v) is 3.20. The van der Waals surface area contributed by atoms with Crippen molar-refractivity contribution >= 4 is 39.9 Å². The average molecular weight is 358 g/mol. The van der Waals surface area contributed by atoms with Gasteiger partial charge in [-0.1, -0.05) is 18.2 Å². The van der Waals surface area contributed by atoms with Crippen LogP contribution in [0.25, 0.3) is 0 Å². The molecule has 2 aromatic rings. The highest BCUT2D eigenvalue weighted by Crippen LogP contribution is 2.24. The first-order valence-corrected chi connectivity index (χ1v) is 8.84. The van der Waals surface area contributed by atoms with Crippen LogP contribution >= 0.6 is 11.3 Å². The van der Waals surface area contributed by atoms with Gasteiger partial charge in [0, 0.05) is 43.2 Å². The lowest BCUT2D eigenvalue weighted by Crippen LogP contribution is -2.34. The number of carbonyl (C=O) groups is 3. The molecule has 1 atom stereocenters. The van der Waals surface area contributed by atoms with Gasteiger partial charge in [-0.2, -0.15) is 0 Å². The van der Waals surface area contributed by atoms with Crippen molar-refractivity contribution in [1.29, 1.82) is 0 Å². The monoisotopic (exact) mass is 358 g/mol. The summed E-state index contributed by atoms with van der Waals surface area (Å²) >= 11 is 1.34. The Hall–Kier alpha value is -2.74. The molecule has 25 heavy (non-hydrogen) atoms. The van der Waals surface area contributed by atoms with E-state index in [2.05, 4.69) is 15.6 Å². The van der Waals surface area contributed by atoms with Crippen LogP contribution in [0.4, 0.5) is 10.8 Å². The highest BCUT2D eigenvalue weighted by molar-refractivity contribution is 7.13. The quantitative estimate of drug-likeness (QED) is 0.821. The zero-order valence-corrected chi connectivity index (χ0v) is 14.3. The van der Waals surface area contributed by atoms with E-state index in [4.69, 9.17) is 0 Å². The van der Waals surface area contributed by atoms with Gasteiger partial charge >= 0.3 is 0 Å². The van der Waals surface area contributed by atoms with E-state index in [1.54, 1.807) is 16.5 Å². The van der Waals surface area contributed by atoms with Gasteiger partial charge in [-0.15, -0.1) is 11.3 Å². The van der Waals surface area contributed by atoms with Gasteiger partial charge in [0.1, 0.15) is 0 Å². The SMILES string of the molecule is O=C(CCNC(=O)C1CC(=O)N(c2ccccc2)C1)Nc1nccs1. The van der Waals surface area contributed by atoms with Crippen LogP contribution in [0.15, 0.2) is 41.9 Å². The zero-order valence-electron chi connectivity index (χ0n) is 13.5. The summed E-state index contributed by atoms with van der Waals surface area (Å²) in [6, 6.07) is 9.29. The Morgan fingerprint density at radius 3 is 2.80 bits per heavy atom. The number of para-hydroxylation sites is 1. The second-order valence-electron chi connectivity index (χ2n) is 5.67. The molecule has 1 aromatic heterocycles. The smallest absolute Gasteiger partial charge is 0.227 e. The first kappa shape index (κ1) is 17.1. The number of anilines is 2. The molecule has 1 aromatic carbocycles. The summed E-state index contributed by atoms with van der Waals surface area (Å²) in [6.07, 6.45) is 1.96. The van der Waals surface area contributed by atoms with Crippen LogP contribution in [0.3, 0.4) is 0 Å². The highest BCUT2D eigenvalue weighted by atomic mass is 32.1. The van der Waals surface area contributed by atoms with Gasteiger partial charge in [0.15, 0.2) is 5.13 Å². The number of hydrogen-bond donors (Lipinski definition) is 2. The molecule has 1 saturated heterocycles. The molecular weight excluding hydrogens is 340 g/mol. The van der Waals surface area contributed by atoms with Crippen LogP contribution in [0.5, 0.6) is 0 Å². The molecule has 0 aliphatic carbocycles. The van der Waals surface area contributed by atoms with Gasteiger partial charge in [-0.05, 0) is 12.1 Å². The van der Waals surface area contributed by atoms with E-state index in [1.165, 1.54) is 11.3 Å². The fraction of sp³-hybridized carbons (Fsp3) is 0.294. The third-order valence-electron chi connectivity index (χ3n) is 3.89. The Kier molecular flexibility index (Phi) is 5.39. The van der Waals surface area contributed by atoms with Gasteiger partial charge < -0.3 is 15.5 Å². The lowest BCUT2D eigenvalue weighted by Gasteiger charge is -2.16. The molecule has 1 fully saturated rings. The Balaban J connectivity index is 1.44. The topological polar surface area (TPSA) is 91.4 Å². The van der Waals surface area contributed by atoms with Crippen molar-refractivity contribution in [2.75, 3.05) is 23.3 Å². The van der Waals surface area contributed by atoms with Crippen molar-refractivity contribution in [3.05, 3.63) is 41.9 Å². The molecule has 0 spiro atoms. The van der Waals surface area contributed by atoms with Crippen LogP contribution < -0.4 is 15.5 Å². The summed E-state index contributed by atoms with van der Waals surface area (Å²) in [5.74, 6) is -0.861. The van der Waals surface area contributed by atoms with Crippen molar-refractivity contribution in [2.45, 2.75) is 12.8 Å². The molecule has 0 bridgehead atoms. The third-order valence-corrected chi connectivity index (χ3v) is 4.58. The van der Waals surface area contributed by atoms with Gasteiger partial charge in [0.2, 0.25) is 17.7 Å². The number of nitrogens with zero attached hydrogens (tertiary/aromatic N) is 2. The second kappa shape index (κ2) is 7.89. The van der Waals surface area contributed by atoms with E-state index < -0.39 is 5.92 Å². The molecule has 3 rings (SSSR count). The molecule has 2 heterocycles. The number of benzene rings is 1. The molecule has 1 aliphatic heterocycles. The molecule has 1 aliphatic rings. The summed E-state index contributed by atoms with van der Waals surface area (Å²) in [4.78, 5) is 41.7. The molecule has 0 saturated carbocycles. The minimum atomic E-state index is -0.394. The number of rotatable bonds is 6. The number of amides is 3. The van der Waals surface area contributed by atoms with Crippen molar-refractivity contribution < 1.29 is 14.4 Å². The van der Waals surface area contributed by atoms with E-state index >= 15 is 0 Å². The maximum absolute atomic E-state index is 12.2. The van der Waals surface area contributed by atoms with E-state index in [1.807, 2.05) is 30.3 Å². The van der Waals surface area contributed by atoms with Gasteiger partial charge in [0.05, 0.1) is 5.92 Å². The van der Waals surface area contributed by atoms with Crippen LogP contribution in [-0.4, -0.2) is 35.8 Å². The molecule has 130 valence electrons. The predicted molar refractivity (Wildman–Crippen MR) is 95.3 cm³/mol. The van der Waals surface area contributed by atoms with Crippen LogP contribution in [0, 0.1) is 5.92 Å². The Morgan fingerprint density at radius 1 is 1.28 bits per heavy atom. The highest BCUT2D eigenvalue weighted by Gasteiger charge is 2.34. The van der Waals surface area contributed by atoms with Crippen LogP contribution in [0.1, 0.15) is 12.8 Å². The normalized spacial score (nSPS) is 16.7. The molecule has 0 radical (unpaired) electrons. The van der Waals surface area contributed by atoms with Crippen molar-refractivity contribution in [3.63, 3.8) is 0 Å². The maximum atomic E-state index is 12.2. The summed E-state index contributed by atoms with van der Waals surface area (Å²) in [5, 5.41) is 7.70. The number of carbonyl (C=O) groups excluding carboxylic acids is 3. The van der Waals surface area contributed by atoms with Crippen LogP contribution in [-0.2, 0) is 14.4 Å². The van der Waals surface area contributed by atoms with E-state index in [0.717, 1.165) is 5.69 Å².